The minimum absolute atomic E-state index is 0.197. The number of aryl methyl sites for hydroxylation is 2. The molecule has 1 saturated heterocycles. The van der Waals surface area contributed by atoms with Gasteiger partial charge in [-0.15, -0.1) is 0 Å². The molecule has 1 N–H and O–H groups in total. The summed E-state index contributed by atoms with van der Waals surface area (Å²) in [5, 5.41) is 3.58. The van der Waals surface area contributed by atoms with Crippen LogP contribution in [-0.4, -0.2) is 35.7 Å². The predicted octanol–water partition coefficient (Wildman–Crippen LogP) is 4.11. The molecule has 0 spiro atoms. The summed E-state index contributed by atoms with van der Waals surface area (Å²) in [6.07, 6.45) is 1.70. The largest absolute Gasteiger partial charge is 0.444 e. The Morgan fingerprint density at radius 2 is 1.82 bits per heavy atom. The van der Waals surface area contributed by atoms with Crippen molar-refractivity contribution in [2.24, 2.45) is 0 Å². The maximum Gasteiger partial charge on any atom is 0.410 e. The lowest BCUT2D eigenvalue weighted by Gasteiger charge is -2.34. The van der Waals surface area contributed by atoms with Gasteiger partial charge in [-0.2, -0.15) is 0 Å². The van der Waals surface area contributed by atoms with Gasteiger partial charge in [0.1, 0.15) is 5.60 Å². The van der Waals surface area contributed by atoms with E-state index in [0.717, 1.165) is 25.9 Å². The molecule has 0 bridgehead atoms. The summed E-state index contributed by atoms with van der Waals surface area (Å²) in [7, 11) is 0. The lowest BCUT2D eigenvalue weighted by molar-refractivity contribution is 0.0210. The first kappa shape index (κ1) is 16.7. The number of amides is 1. The van der Waals surface area contributed by atoms with Gasteiger partial charge in [0.15, 0.2) is 0 Å². The van der Waals surface area contributed by atoms with Gasteiger partial charge in [0, 0.05) is 24.8 Å². The van der Waals surface area contributed by atoms with Crippen molar-refractivity contribution in [2.45, 2.75) is 59.1 Å². The Labute approximate surface area is 133 Å². The van der Waals surface area contributed by atoms with Crippen LogP contribution in [0.2, 0.25) is 0 Å². The Morgan fingerprint density at radius 1 is 1.18 bits per heavy atom. The number of ether oxygens (including phenoxy) is 1. The quantitative estimate of drug-likeness (QED) is 0.894. The first-order valence-corrected chi connectivity index (χ1v) is 8.06. The van der Waals surface area contributed by atoms with Crippen LogP contribution in [0.15, 0.2) is 18.2 Å². The van der Waals surface area contributed by atoms with Gasteiger partial charge in [-0.3, -0.25) is 0 Å². The van der Waals surface area contributed by atoms with E-state index in [1.165, 1.54) is 16.8 Å². The molecule has 1 heterocycles. The number of benzene rings is 1. The summed E-state index contributed by atoms with van der Waals surface area (Å²) in [6, 6.07) is 6.88. The van der Waals surface area contributed by atoms with Crippen LogP contribution in [0.1, 0.15) is 44.7 Å². The number of anilines is 1. The molecule has 1 fully saturated rings. The number of hydrogen-bond acceptors (Lipinski definition) is 3. The van der Waals surface area contributed by atoms with Crippen LogP contribution in [0.3, 0.4) is 0 Å². The number of piperidine rings is 1. The first-order valence-electron chi connectivity index (χ1n) is 8.06. The highest BCUT2D eigenvalue weighted by Crippen LogP contribution is 2.20. The molecule has 1 aromatic carbocycles. The third kappa shape index (κ3) is 4.65. The van der Waals surface area contributed by atoms with Gasteiger partial charge in [-0.1, -0.05) is 6.07 Å². The highest BCUT2D eigenvalue weighted by molar-refractivity contribution is 5.68. The number of carbonyl (C=O) groups is 1. The van der Waals surface area contributed by atoms with Gasteiger partial charge in [0.05, 0.1) is 0 Å². The van der Waals surface area contributed by atoms with Gasteiger partial charge in [-0.05, 0) is 70.7 Å². The summed E-state index contributed by atoms with van der Waals surface area (Å²) >= 11 is 0. The van der Waals surface area contributed by atoms with Gasteiger partial charge in [0.2, 0.25) is 0 Å². The minimum Gasteiger partial charge on any atom is -0.444 e. The van der Waals surface area contributed by atoms with E-state index in [9.17, 15) is 4.79 Å². The highest BCUT2D eigenvalue weighted by atomic mass is 16.6. The second-order valence-corrected chi connectivity index (χ2v) is 7.19. The van der Waals surface area contributed by atoms with Crippen LogP contribution in [0.25, 0.3) is 0 Å². The van der Waals surface area contributed by atoms with E-state index < -0.39 is 5.60 Å². The van der Waals surface area contributed by atoms with Crippen LogP contribution >= 0.6 is 0 Å². The Bertz CT molecular complexity index is 526. The van der Waals surface area contributed by atoms with Gasteiger partial charge in [-0.25, -0.2) is 4.79 Å². The lowest BCUT2D eigenvalue weighted by Crippen LogP contribution is -2.44. The molecule has 0 saturated carbocycles. The number of rotatable bonds is 2. The third-order valence-electron chi connectivity index (χ3n) is 4.02. The normalized spacial score (nSPS) is 16.5. The maximum absolute atomic E-state index is 12.0. The zero-order valence-corrected chi connectivity index (χ0v) is 14.4. The lowest BCUT2D eigenvalue weighted by atomic mass is 10.0. The zero-order chi connectivity index (χ0) is 16.3. The smallest absolute Gasteiger partial charge is 0.410 e. The molecule has 122 valence electrons. The molecular formula is C18H28N2O2. The maximum atomic E-state index is 12.0. The summed E-state index contributed by atoms with van der Waals surface area (Å²) in [5.74, 6) is 0. The highest BCUT2D eigenvalue weighted by Gasteiger charge is 2.26. The van der Waals surface area contributed by atoms with Crippen LogP contribution in [0.5, 0.6) is 0 Å². The topological polar surface area (TPSA) is 41.6 Å². The fourth-order valence-corrected chi connectivity index (χ4v) is 2.60. The molecule has 2 rings (SSSR count). The number of hydrogen-bond donors (Lipinski definition) is 1. The third-order valence-corrected chi connectivity index (χ3v) is 4.02. The number of carbonyl (C=O) groups excluding carboxylic acids is 1. The van der Waals surface area contributed by atoms with Crippen LogP contribution in [0, 0.1) is 13.8 Å². The molecule has 1 aromatic rings. The van der Waals surface area contributed by atoms with E-state index in [-0.39, 0.29) is 6.09 Å². The fourth-order valence-electron chi connectivity index (χ4n) is 2.60. The standard InChI is InChI=1S/C18H28N2O2/c1-13-6-7-16(12-14(13)2)19-15-8-10-20(11-9-15)17(21)22-18(3,4)5/h6-7,12,15,19H,8-11H2,1-5H3. The zero-order valence-electron chi connectivity index (χ0n) is 14.4. The fraction of sp³-hybridized carbons (Fsp3) is 0.611. The second kappa shape index (κ2) is 6.59. The van der Waals surface area contributed by atoms with Crippen molar-refractivity contribution >= 4 is 11.8 Å². The molecule has 0 radical (unpaired) electrons. The van der Waals surface area contributed by atoms with Crippen molar-refractivity contribution in [3.05, 3.63) is 29.3 Å². The molecule has 0 aliphatic carbocycles. The predicted molar refractivity (Wildman–Crippen MR) is 90.4 cm³/mol. The van der Waals surface area contributed by atoms with Crippen LogP contribution < -0.4 is 5.32 Å². The summed E-state index contributed by atoms with van der Waals surface area (Å²) < 4.78 is 5.43. The van der Waals surface area contributed by atoms with E-state index in [0.29, 0.717) is 6.04 Å². The monoisotopic (exact) mass is 304 g/mol. The molecule has 0 unspecified atom stereocenters. The molecule has 22 heavy (non-hydrogen) atoms. The molecule has 4 heteroatoms. The number of nitrogens with one attached hydrogen (secondary N) is 1. The van der Waals surface area contributed by atoms with E-state index in [1.807, 2.05) is 25.7 Å². The number of nitrogens with zero attached hydrogens (tertiary/aromatic N) is 1. The molecular weight excluding hydrogens is 276 g/mol. The van der Waals surface area contributed by atoms with Crippen molar-refractivity contribution in [3.8, 4) is 0 Å². The van der Waals surface area contributed by atoms with Gasteiger partial charge >= 0.3 is 6.09 Å². The Hall–Kier alpha value is -1.71. The SMILES string of the molecule is Cc1ccc(NC2CCN(C(=O)OC(C)(C)C)CC2)cc1C. The Balaban J connectivity index is 1.84. The van der Waals surface area contributed by atoms with Crippen LogP contribution in [-0.2, 0) is 4.74 Å². The molecule has 1 aliphatic rings. The van der Waals surface area contributed by atoms with E-state index in [1.54, 1.807) is 0 Å². The van der Waals surface area contributed by atoms with Crippen molar-refractivity contribution in [3.63, 3.8) is 0 Å². The van der Waals surface area contributed by atoms with Crippen molar-refractivity contribution in [1.82, 2.24) is 4.90 Å². The van der Waals surface area contributed by atoms with E-state index >= 15 is 0 Å². The van der Waals surface area contributed by atoms with Crippen molar-refractivity contribution in [1.29, 1.82) is 0 Å². The van der Waals surface area contributed by atoms with Crippen molar-refractivity contribution < 1.29 is 9.53 Å². The Kier molecular flexibility index (Phi) is 4.99. The minimum atomic E-state index is -0.425. The Morgan fingerprint density at radius 3 is 2.36 bits per heavy atom. The molecule has 0 atom stereocenters. The van der Waals surface area contributed by atoms with E-state index in [4.69, 9.17) is 4.74 Å². The van der Waals surface area contributed by atoms with Crippen LogP contribution in [0.4, 0.5) is 10.5 Å². The molecule has 1 amide bonds. The summed E-state index contributed by atoms with van der Waals surface area (Å²) in [5.41, 5.74) is 3.35. The average Bonchev–Trinajstić information content (AvgIpc) is 2.42. The van der Waals surface area contributed by atoms with Gasteiger partial charge in [0.25, 0.3) is 0 Å². The number of likely N-dealkylation sites (tertiary alicyclic amines) is 1. The molecule has 1 aliphatic heterocycles. The summed E-state index contributed by atoms with van der Waals surface area (Å²) in [6.45, 7) is 11.5. The average molecular weight is 304 g/mol. The van der Waals surface area contributed by atoms with Gasteiger partial charge < -0.3 is 15.0 Å². The molecule has 4 nitrogen and oxygen atoms in total. The first-order chi connectivity index (χ1) is 10.2. The van der Waals surface area contributed by atoms with E-state index in [2.05, 4.69) is 37.4 Å². The second-order valence-electron chi connectivity index (χ2n) is 7.19. The van der Waals surface area contributed by atoms with Crippen molar-refractivity contribution in [2.75, 3.05) is 18.4 Å². The summed E-state index contributed by atoms with van der Waals surface area (Å²) in [4.78, 5) is 13.9. The molecule has 0 aromatic heterocycles.